The highest BCUT2D eigenvalue weighted by molar-refractivity contribution is 5.05. The number of aryl methyl sites for hydroxylation is 1. The summed E-state index contributed by atoms with van der Waals surface area (Å²) in [7, 11) is 0. The summed E-state index contributed by atoms with van der Waals surface area (Å²) in [6, 6.07) is 0.299. The third kappa shape index (κ3) is 2.38. The minimum absolute atomic E-state index is 0.299. The zero-order chi connectivity index (χ0) is 10.8. The molecule has 0 aromatic carbocycles. The fourth-order valence-electron chi connectivity index (χ4n) is 2.13. The van der Waals surface area contributed by atoms with E-state index in [2.05, 4.69) is 16.8 Å². The molecule has 0 radical (unpaired) electrons. The summed E-state index contributed by atoms with van der Waals surface area (Å²) in [6.45, 7) is 7.16. The Bertz CT molecular complexity index is 321. The van der Waals surface area contributed by atoms with E-state index in [1.54, 1.807) is 0 Å². The fraction of sp³-hybridized carbons (Fsp3) is 0.727. The SMILES string of the molecule is Cc1ocnc1CN1CCC(C(C)N)C1. The van der Waals surface area contributed by atoms with Crippen LogP contribution in [0.15, 0.2) is 10.8 Å². The molecule has 0 spiro atoms. The Morgan fingerprint density at radius 2 is 2.53 bits per heavy atom. The highest BCUT2D eigenvalue weighted by Crippen LogP contribution is 2.20. The van der Waals surface area contributed by atoms with Gasteiger partial charge >= 0.3 is 0 Å². The van der Waals surface area contributed by atoms with E-state index < -0.39 is 0 Å². The van der Waals surface area contributed by atoms with E-state index >= 15 is 0 Å². The highest BCUT2D eigenvalue weighted by atomic mass is 16.3. The van der Waals surface area contributed by atoms with Gasteiger partial charge in [-0.1, -0.05) is 0 Å². The normalized spacial score (nSPS) is 24.6. The maximum absolute atomic E-state index is 5.90. The average molecular weight is 209 g/mol. The molecule has 2 N–H and O–H groups in total. The Hall–Kier alpha value is -0.870. The first-order valence-electron chi connectivity index (χ1n) is 5.53. The second-order valence-corrected chi connectivity index (χ2v) is 4.50. The maximum atomic E-state index is 5.90. The lowest BCUT2D eigenvalue weighted by Gasteiger charge is -2.16. The minimum Gasteiger partial charge on any atom is -0.448 e. The Kier molecular flexibility index (Phi) is 3.07. The highest BCUT2D eigenvalue weighted by Gasteiger charge is 2.25. The van der Waals surface area contributed by atoms with Gasteiger partial charge in [0.05, 0.1) is 5.69 Å². The van der Waals surface area contributed by atoms with Crippen molar-refractivity contribution in [3.8, 4) is 0 Å². The summed E-state index contributed by atoms with van der Waals surface area (Å²) >= 11 is 0. The monoisotopic (exact) mass is 209 g/mol. The molecule has 1 aliphatic rings. The van der Waals surface area contributed by atoms with Gasteiger partial charge in [0.15, 0.2) is 6.39 Å². The van der Waals surface area contributed by atoms with E-state index in [0.717, 1.165) is 31.1 Å². The van der Waals surface area contributed by atoms with Crippen molar-refractivity contribution in [2.24, 2.45) is 11.7 Å². The van der Waals surface area contributed by atoms with Crippen molar-refractivity contribution < 1.29 is 4.42 Å². The second-order valence-electron chi connectivity index (χ2n) is 4.50. The maximum Gasteiger partial charge on any atom is 0.181 e. The molecule has 0 amide bonds. The lowest BCUT2D eigenvalue weighted by Crippen LogP contribution is -2.29. The van der Waals surface area contributed by atoms with Crippen molar-refractivity contribution in [1.82, 2.24) is 9.88 Å². The molecule has 0 bridgehead atoms. The number of hydrogen-bond donors (Lipinski definition) is 1. The van der Waals surface area contributed by atoms with Crippen molar-refractivity contribution in [3.05, 3.63) is 17.8 Å². The number of oxazole rings is 1. The number of aromatic nitrogens is 1. The standard InChI is InChI=1S/C11H19N3O/c1-8(12)10-3-4-14(5-10)6-11-9(2)15-7-13-11/h7-8,10H,3-6,12H2,1-2H3. The van der Waals surface area contributed by atoms with E-state index in [-0.39, 0.29) is 0 Å². The van der Waals surface area contributed by atoms with E-state index in [0.29, 0.717) is 12.0 Å². The average Bonchev–Trinajstić information content (AvgIpc) is 2.77. The van der Waals surface area contributed by atoms with Crippen LogP contribution < -0.4 is 5.73 Å². The Labute approximate surface area is 90.5 Å². The van der Waals surface area contributed by atoms with Crippen LogP contribution in [0.4, 0.5) is 0 Å². The Balaban J connectivity index is 1.90. The molecule has 15 heavy (non-hydrogen) atoms. The van der Waals surface area contributed by atoms with Gasteiger partial charge in [0, 0.05) is 19.1 Å². The summed E-state index contributed by atoms with van der Waals surface area (Å²) in [5.74, 6) is 1.57. The third-order valence-corrected chi connectivity index (χ3v) is 3.27. The molecule has 2 atom stereocenters. The van der Waals surface area contributed by atoms with Crippen LogP contribution in [0.25, 0.3) is 0 Å². The van der Waals surface area contributed by atoms with Gasteiger partial charge in [0.1, 0.15) is 5.76 Å². The van der Waals surface area contributed by atoms with Crippen LogP contribution in [0, 0.1) is 12.8 Å². The molecule has 1 fully saturated rings. The van der Waals surface area contributed by atoms with Crippen LogP contribution in [0.1, 0.15) is 24.8 Å². The molecule has 2 heterocycles. The molecule has 0 saturated carbocycles. The van der Waals surface area contributed by atoms with Gasteiger partial charge in [0.2, 0.25) is 0 Å². The van der Waals surface area contributed by atoms with Crippen LogP contribution in [0.2, 0.25) is 0 Å². The molecule has 84 valence electrons. The first-order chi connectivity index (χ1) is 7.16. The number of nitrogens with two attached hydrogens (primary N) is 1. The van der Waals surface area contributed by atoms with Crippen LogP contribution in [0.3, 0.4) is 0 Å². The molecular formula is C11H19N3O. The predicted molar refractivity (Wildman–Crippen MR) is 58.3 cm³/mol. The van der Waals surface area contributed by atoms with Crippen molar-refractivity contribution in [2.75, 3.05) is 13.1 Å². The number of rotatable bonds is 3. The van der Waals surface area contributed by atoms with Crippen LogP contribution in [-0.4, -0.2) is 29.0 Å². The van der Waals surface area contributed by atoms with Crippen molar-refractivity contribution in [3.63, 3.8) is 0 Å². The first kappa shape index (κ1) is 10.6. The van der Waals surface area contributed by atoms with Gasteiger partial charge in [-0.3, -0.25) is 4.90 Å². The topological polar surface area (TPSA) is 55.3 Å². The smallest absolute Gasteiger partial charge is 0.181 e. The molecule has 2 rings (SSSR count). The molecule has 0 aliphatic carbocycles. The first-order valence-corrected chi connectivity index (χ1v) is 5.53. The lowest BCUT2D eigenvalue weighted by atomic mass is 10.0. The fourth-order valence-corrected chi connectivity index (χ4v) is 2.13. The molecule has 1 aromatic heterocycles. The van der Waals surface area contributed by atoms with Gasteiger partial charge in [-0.15, -0.1) is 0 Å². The number of hydrogen-bond acceptors (Lipinski definition) is 4. The van der Waals surface area contributed by atoms with Crippen LogP contribution >= 0.6 is 0 Å². The van der Waals surface area contributed by atoms with Crippen molar-refractivity contribution >= 4 is 0 Å². The van der Waals surface area contributed by atoms with Gasteiger partial charge in [-0.2, -0.15) is 0 Å². The molecule has 2 unspecified atom stereocenters. The summed E-state index contributed by atoms with van der Waals surface area (Å²) in [6.07, 6.45) is 2.72. The van der Waals surface area contributed by atoms with Gasteiger partial charge in [-0.05, 0) is 32.7 Å². The van der Waals surface area contributed by atoms with E-state index in [9.17, 15) is 0 Å². The summed E-state index contributed by atoms with van der Waals surface area (Å²) in [4.78, 5) is 6.61. The summed E-state index contributed by atoms with van der Waals surface area (Å²) in [5, 5.41) is 0. The second kappa shape index (κ2) is 4.33. The number of nitrogens with zero attached hydrogens (tertiary/aromatic N) is 2. The largest absolute Gasteiger partial charge is 0.448 e. The Morgan fingerprint density at radius 3 is 3.07 bits per heavy atom. The van der Waals surface area contributed by atoms with E-state index in [1.807, 2.05) is 6.92 Å². The van der Waals surface area contributed by atoms with Crippen LogP contribution in [0.5, 0.6) is 0 Å². The summed E-state index contributed by atoms with van der Waals surface area (Å²) < 4.78 is 5.19. The number of likely N-dealkylation sites (tertiary alicyclic amines) is 1. The lowest BCUT2D eigenvalue weighted by molar-refractivity contribution is 0.303. The van der Waals surface area contributed by atoms with E-state index in [4.69, 9.17) is 10.2 Å². The Morgan fingerprint density at radius 1 is 1.73 bits per heavy atom. The molecular weight excluding hydrogens is 190 g/mol. The zero-order valence-electron chi connectivity index (χ0n) is 9.44. The van der Waals surface area contributed by atoms with Crippen molar-refractivity contribution in [2.45, 2.75) is 32.9 Å². The molecule has 1 aromatic rings. The molecule has 1 aliphatic heterocycles. The van der Waals surface area contributed by atoms with Gasteiger partial charge in [-0.25, -0.2) is 4.98 Å². The van der Waals surface area contributed by atoms with Gasteiger partial charge in [0.25, 0.3) is 0 Å². The predicted octanol–water partition coefficient (Wildman–Crippen LogP) is 1.15. The molecule has 1 saturated heterocycles. The minimum atomic E-state index is 0.299. The zero-order valence-corrected chi connectivity index (χ0v) is 9.44. The van der Waals surface area contributed by atoms with Crippen molar-refractivity contribution in [1.29, 1.82) is 0 Å². The summed E-state index contributed by atoms with van der Waals surface area (Å²) in [5.41, 5.74) is 6.96. The van der Waals surface area contributed by atoms with E-state index in [1.165, 1.54) is 12.8 Å². The quantitative estimate of drug-likeness (QED) is 0.811. The molecule has 4 nitrogen and oxygen atoms in total. The van der Waals surface area contributed by atoms with Crippen LogP contribution in [-0.2, 0) is 6.54 Å². The molecule has 4 heteroatoms. The third-order valence-electron chi connectivity index (χ3n) is 3.27. The van der Waals surface area contributed by atoms with Gasteiger partial charge < -0.3 is 10.2 Å².